The molecule has 6 atom stereocenters. The predicted octanol–water partition coefficient (Wildman–Crippen LogP) is 23.1. The van der Waals surface area contributed by atoms with Crippen molar-refractivity contribution in [2.24, 2.45) is 0 Å². The highest BCUT2D eigenvalue weighted by atomic mass is 15.3. The number of hydrogen-bond acceptors (Lipinski definition) is 3. The molecule has 13 aromatic rings. The summed E-state index contributed by atoms with van der Waals surface area (Å²) in [6, 6.07) is 84.0. The molecular weight excluding hydrogens is 1050 g/mol. The van der Waals surface area contributed by atoms with Crippen LogP contribution in [0, 0.1) is 0 Å². The Bertz CT molecular complexity index is 4930. The molecule has 3 aliphatic carbocycles. The van der Waals surface area contributed by atoms with Crippen LogP contribution in [0.2, 0.25) is 0 Å². The minimum absolute atomic E-state index is 0.00299. The average Bonchev–Trinajstić information content (AvgIpc) is 1.61. The minimum atomic E-state index is -0.0228. The van der Waals surface area contributed by atoms with Crippen molar-refractivity contribution in [3.8, 4) is 33.4 Å². The summed E-state index contributed by atoms with van der Waals surface area (Å²) in [7, 11) is 0. The van der Waals surface area contributed by atoms with Gasteiger partial charge in [-0.2, -0.15) is 0 Å². The normalized spacial score (nSPS) is 24.8. The van der Waals surface area contributed by atoms with E-state index in [1.165, 1.54) is 226 Å². The first-order chi connectivity index (χ1) is 42.6. The Morgan fingerprint density at radius 3 is 1.33 bits per heavy atom. The van der Waals surface area contributed by atoms with E-state index in [4.69, 9.17) is 0 Å². The van der Waals surface area contributed by atoms with Crippen LogP contribution in [0.5, 0.6) is 0 Å². The van der Waals surface area contributed by atoms with Gasteiger partial charge in [0.2, 0.25) is 0 Å². The highest BCUT2D eigenvalue weighted by molar-refractivity contribution is 6.39. The van der Waals surface area contributed by atoms with Gasteiger partial charge in [0.05, 0.1) is 11.1 Å². The molecule has 3 saturated carbocycles. The summed E-state index contributed by atoms with van der Waals surface area (Å²) in [5.41, 5.74) is 20.6. The van der Waals surface area contributed by atoms with E-state index in [9.17, 15) is 0 Å². The van der Waals surface area contributed by atoms with Crippen molar-refractivity contribution in [2.75, 3.05) is 14.7 Å². The van der Waals surface area contributed by atoms with Gasteiger partial charge in [0.1, 0.15) is 0 Å². The minimum Gasteiger partial charge on any atom is -0.338 e. The first kappa shape index (κ1) is 50.5. The molecule has 6 aliphatic rings. The van der Waals surface area contributed by atoms with Gasteiger partial charge in [-0.05, 0) is 252 Å². The van der Waals surface area contributed by atoms with Crippen LogP contribution < -0.4 is 14.7 Å². The van der Waals surface area contributed by atoms with Crippen LogP contribution in [-0.4, -0.2) is 17.1 Å². The molecule has 19 rings (SSSR count). The zero-order valence-electron chi connectivity index (χ0n) is 50.7. The Balaban J connectivity index is 0.806. The predicted molar refractivity (Wildman–Crippen MR) is 369 cm³/mol. The Kier molecular flexibility index (Phi) is 10.4. The quantitative estimate of drug-likeness (QED) is 0.164. The fourth-order valence-corrected chi connectivity index (χ4v) is 19.9. The summed E-state index contributed by atoms with van der Waals surface area (Å²) >= 11 is 0. The van der Waals surface area contributed by atoms with Crippen LogP contribution in [0.25, 0.3) is 98.0 Å². The lowest BCUT2D eigenvalue weighted by Crippen LogP contribution is -2.54. The molecule has 3 heteroatoms. The Labute approximate surface area is 511 Å². The van der Waals surface area contributed by atoms with Crippen molar-refractivity contribution >= 4 is 98.8 Å². The van der Waals surface area contributed by atoms with Crippen LogP contribution in [0.3, 0.4) is 0 Å². The molecule has 6 unspecified atom stereocenters. The molecule has 0 bridgehead atoms. The SMILES string of the molecule is CC12CCCCC1(C)N(c1ccccc1)c1ccc(-c3ccc4c5cc6c(cc5c5cccc3c54)c3ccc(-c4ccc5c(c4)C4CCCCC4N5c4ccccc4)c4c(-c5ccc7c(c5)C5(C)CCCCC5(C)N7c5ccccc5)ccc6c43)cc12. The first-order valence-electron chi connectivity index (χ1n) is 33.0. The summed E-state index contributed by atoms with van der Waals surface area (Å²) in [6.07, 6.45) is 14.9. The van der Waals surface area contributed by atoms with E-state index in [2.05, 4.69) is 255 Å². The maximum Gasteiger partial charge on any atom is 0.0517 e. The van der Waals surface area contributed by atoms with E-state index < -0.39 is 0 Å². The lowest BCUT2D eigenvalue weighted by Gasteiger charge is -2.50. The van der Waals surface area contributed by atoms with E-state index >= 15 is 0 Å². The van der Waals surface area contributed by atoms with E-state index in [1.54, 1.807) is 0 Å². The summed E-state index contributed by atoms with van der Waals surface area (Å²) in [5, 5.41) is 16.3. The van der Waals surface area contributed by atoms with E-state index in [0.717, 1.165) is 0 Å². The van der Waals surface area contributed by atoms with Crippen molar-refractivity contribution in [3.63, 3.8) is 0 Å². The highest BCUT2D eigenvalue weighted by Gasteiger charge is 2.59. The van der Waals surface area contributed by atoms with Crippen molar-refractivity contribution < 1.29 is 0 Å². The van der Waals surface area contributed by atoms with Gasteiger partial charge in [-0.1, -0.05) is 180 Å². The molecule has 0 radical (unpaired) electrons. The first-order valence-corrected chi connectivity index (χ1v) is 33.0. The largest absolute Gasteiger partial charge is 0.338 e. The number of hydrogen-bond donors (Lipinski definition) is 0. The molecule has 0 aromatic heterocycles. The Morgan fingerprint density at radius 1 is 0.322 bits per heavy atom. The second-order valence-electron chi connectivity index (χ2n) is 28.3. The standard InChI is InChI=1S/C84H73N3/c1-81-43-16-18-45-83(81,3)86(56-23-10-6-11-24-56)76-41-32-53(48-72(76)81)58-34-37-64-68-51-70-66-39-36-60(54-33-42-77-73(49-54)82(2)44-17-19-46-84(82,4)87(77)57-25-12-7-13-26-57)79-59(35-38-65(80(66)79)69(70)50-67(68)63-29-20-28-62(58)78(63)64)52-31-40-75-71(47-52)61-27-14-15-30-74(61)85(75)55-21-8-5-9-22-55/h5-13,20-26,28-29,31-42,47-51,61,74H,14-19,27,30,43-46H2,1-4H3. The van der Waals surface area contributed by atoms with Crippen LogP contribution in [0.4, 0.5) is 34.1 Å². The second kappa shape index (κ2) is 18.0. The number of rotatable bonds is 6. The number of para-hydroxylation sites is 3. The third-order valence-corrected chi connectivity index (χ3v) is 24.5. The smallest absolute Gasteiger partial charge is 0.0517 e. The molecule has 0 amide bonds. The van der Waals surface area contributed by atoms with Crippen molar-refractivity contribution in [1.29, 1.82) is 0 Å². The van der Waals surface area contributed by atoms with E-state index in [0.29, 0.717) is 12.0 Å². The lowest BCUT2D eigenvalue weighted by atomic mass is 9.61. The maximum atomic E-state index is 2.72. The van der Waals surface area contributed by atoms with Crippen molar-refractivity contribution in [3.05, 3.63) is 229 Å². The Morgan fingerprint density at radius 2 is 0.770 bits per heavy atom. The van der Waals surface area contributed by atoms with E-state index in [1.807, 2.05) is 0 Å². The monoisotopic (exact) mass is 1120 g/mol. The summed E-state index contributed by atoms with van der Waals surface area (Å²) in [5.74, 6) is 0.519. The molecule has 0 N–H and O–H groups in total. The van der Waals surface area contributed by atoms with Gasteiger partial charge in [0.25, 0.3) is 0 Å². The molecule has 3 fully saturated rings. The summed E-state index contributed by atoms with van der Waals surface area (Å²) < 4.78 is 0. The maximum absolute atomic E-state index is 2.72. The van der Waals surface area contributed by atoms with Gasteiger partial charge >= 0.3 is 0 Å². The third-order valence-electron chi connectivity index (χ3n) is 24.5. The molecular formula is C84H73N3. The Hall–Kier alpha value is -8.66. The number of benzene rings is 11. The lowest BCUT2D eigenvalue weighted by molar-refractivity contribution is 0.195. The summed E-state index contributed by atoms with van der Waals surface area (Å²) in [4.78, 5) is 8.11. The molecule has 0 saturated heterocycles. The number of fused-ring (bicyclic) bond motifs is 15. The highest BCUT2D eigenvalue weighted by Crippen LogP contribution is 2.64. The topological polar surface area (TPSA) is 9.72 Å². The zero-order chi connectivity index (χ0) is 57.7. The van der Waals surface area contributed by atoms with Gasteiger partial charge in [0, 0.05) is 56.9 Å². The average molecular weight is 1120 g/mol. The van der Waals surface area contributed by atoms with Gasteiger partial charge in [0.15, 0.2) is 0 Å². The zero-order valence-corrected chi connectivity index (χ0v) is 50.7. The van der Waals surface area contributed by atoms with Crippen LogP contribution in [-0.2, 0) is 10.8 Å². The number of nitrogens with zero attached hydrogens (tertiary/aromatic N) is 3. The fourth-order valence-electron chi connectivity index (χ4n) is 19.9. The van der Waals surface area contributed by atoms with Gasteiger partial charge in [-0.15, -0.1) is 0 Å². The summed E-state index contributed by atoms with van der Waals surface area (Å²) in [6.45, 7) is 10.3. The fraction of sp³-hybridized carbons (Fsp3) is 0.262. The van der Waals surface area contributed by atoms with Crippen LogP contribution >= 0.6 is 0 Å². The second-order valence-corrected chi connectivity index (χ2v) is 28.3. The molecule has 0 spiro atoms. The molecule has 3 nitrogen and oxygen atoms in total. The number of anilines is 6. The van der Waals surface area contributed by atoms with Crippen LogP contribution in [0.1, 0.15) is 127 Å². The molecule has 87 heavy (non-hydrogen) atoms. The van der Waals surface area contributed by atoms with Crippen molar-refractivity contribution in [1.82, 2.24) is 0 Å². The van der Waals surface area contributed by atoms with Crippen molar-refractivity contribution in [2.45, 2.75) is 139 Å². The molecule has 13 aromatic carbocycles. The van der Waals surface area contributed by atoms with E-state index in [-0.39, 0.29) is 21.9 Å². The van der Waals surface area contributed by atoms with Crippen LogP contribution in [0.15, 0.2) is 212 Å². The molecule has 3 aliphatic heterocycles. The van der Waals surface area contributed by atoms with Gasteiger partial charge in [-0.3, -0.25) is 0 Å². The molecule has 3 heterocycles. The third kappa shape index (κ3) is 6.58. The molecule has 424 valence electrons. The van der Waals surface area contributed by atoms with Gasteiger partial charge in [-0.25, -0.2) is 0 Å². The van der Waals surface area contributed by atoms with Gasteiger partial charge < -0.3 is 14.7 Å².